The zero-order valence-corrected chi connectivity index (χ0v) is 22.0. The van der Waals surface area contributed by atoms with Crippen molar-refractivity contribution in [1.82, 2.24) is 5.32 Å². The molecule has 0 bridgehead atoms. The largest absolute Gasteiger partial charge is 0.491 e. The summed E-state index contributed by atoms with van der Waals surface area (Å²) in [7, 11) is -4.00. The van der Waals surface area contributed by atoms with Gasteiger partial charge < -0.3 is 10.1 Å². The van der Waals surface area contributed by atoms with Crippen LogP contribution in [0.25, 0.3) is 0 Å². The quantitative estimate of drug-likeness (QED) is 0.391. The van der Waals surface area contributed by atoms with Gasteiger partial charge in [0.2, 0.25) is 5.91 Å². The molecule has 0 spiro atoms. The Balaban J connectivity index is 1.73. The van der Waals surface area contributed by atoms with Crippen molar-refractivity contribution in [3.05, 3.63) is 88.9 Å². The maximum Gasteiger partial charge on any atom is 0.264 e. The number of hydrogen-bond donors (Lipinski definition) is 1. The second-order valence-corrected chi connectivity index (χ2v) is 11.4. The van der Waals surface area contributed by atoms with Crippen molar-refractivity contribution in [2.24, 2.45) is 0 Å². The van der Waals surface area contributed by atoms with E-state index >= 15 is 0 Å². The SMILES string of the molecule is Cc1c(Cl)cccc1N(CC(=O)NCCOc1ccccc1C(C)(C)C)S(=O)(=O)c1ccccc1. The lowest BCUT2D eigenvalue weighted by molar-refractivity contribution is -0.119. The van der Waals surface area contributed by atoms with Gasteiger partial charge in [-0.1, -0.05) is 74.8 Å². The molecule has 35 heavy (non-hydrogen) atoms. The van der Waals surface area contributed by atoms with E-state index in [9.17, 15) is 13.2 Å². The van der Waals surface area contributed by atoms with Gasteiger partial charge in [-0.2, -0.15) is 0 Å². The van der Waals surface area contributed by atoms with Crippen LogP contribution in [0.2, 0.25) is 5.02 Å². The minimum atomic E-state index is -4.00. The molecule has 1 N–H and O–H groups in total. The predicted molar refractivity (Wildman–Crippen MR) is 141 cm³/mol. The number of para-hydroxylation sites is 1. The van der Waals surface area contributed by atoms with E-state index < -0.39 is 22.5 Å². The number of ether oxygens (including phenoxy) is 1. The zero-order valence-electron chi connectivity index (χ0n) is 20.4. The van der Waals surface area contributed by atoms with Crippen molar-refractivity contribution >= 4 is 33.2 Å². The van der Waals surface area contributed by atoms with Gasteiger partial charge in [0.15, 0.2) is 0 Å². The predicted octanol–water partition coefficient (Wildman–Crippen LogP) is 5.34. The second kappa shape index (κ2) is 11.1. The molecule has 3 aromatic rings. The first-order chi connectivity index (χ1) is 16.5. The van der Waals surface area contributed by atoms with Crippen molar-refractivity contribution in [3.63, 3.8) is 0 Å². The summed E-state index contributed by atoms with van der Waals surface area (Å²) in [6.45, 7) is 8.13. The standard InChI is InChI=1S/C27H31ClN2O4S/c1-20-23(28)14-10-15-24(20)30(35(32,33)21-11-6-5-7-12-21)19-26(31)29-17-18-34-25-16-9-8-13-22(25)27(2,3)4/h5-16H,17-19H2,1-4H3,(H,29,31). The van der Waals surface area contributed by atoms with Crippen molar-refractivity contribution < 1.29 is 17.9 Å². The molecular weight excluding hydrogens is 484 g/mol. The average molecular weight is 515 g/mol. The molecule has 8 heteroatoms. The minimum Gasteiger partial charge on any atom is -0.491 e. The molecule has 0 atom stereocenters. The number of benzene rings is 3. The number of carbonyl (C=O) groups excluding carboxylic acids is 1. The number of nitrogens with zero attached hydrogens (tertiary/aromatic N) is 1. The van der Waals surface area contributed by atoms with Crippen LogP contribution in [0.15, 0.2) is 77.7 Å². The lowest BCUT2D eigenvalue weighted by atomic mass is 9.86. The number of rotatable bonds is 9. The van der Waals surface area contributed by atoms with Gasteiger partial charge in [-0.3, -0.25) is 9.10 Å². The topological polar surface area (TPSA) is 75.7 Å². The van der Waals surface area contributed by atoms with E-state index in [1.54, 1.807) is 43.3 Å². The molecule has 0 aliphatic carbocycles. The second-order valence-electron chi connectivity index (χ2n) is 9.15. The average Bonchev–Trinajstić information content (AvgIpc) is 2.82. The summed E-state index contributed by atoms with van der Waals surface area (Å²) in [5, 5.41) is 3.18. The third-order valence-electron chi connectivity index (χ3n) is 5.50. The lowest BCUT2D eigenvalue weighted by Crippen LogP contribution is -2.42. The highest BCUT2D eigenvalue weighted by atomic mass is 35.5. The third kappa shape index (κ3) is 6.55. The van der Waals surface area contributed by atoms with E-state index in [1.165, 1.54) is 12.1 Å². The van der Waals surface area contributed by atoms with Crippen LogP contribution in [0.5, 0.6) is 5.75 Å². The Bertz CT molecular complexity index is 1270. The molecule has 0 fully saturated rings. The summed E-state index contributed by atoms with van der Waals surface area (Å²) in [4.78, 5) is 12.9. The van der Waals surface area contributed by atoms with E-state index in [0.29, 0.717) is 16.3 Å². The van der Waals surface area contributed by atoms with Crippen molar-refractivity contribution in [3.8, 4) is 5.75 Å². The van der Waals surface area contributed by atoms with Gasteiger partial charge in [0, 0.05) is 5.02 Å². The number of amides is 1. The number of hydrogen-bond acceptors (Lipinski definition) is 4. The summed E-state index contributed by atoms with van der Waals surface area (Å²) in [5.41, 5.74) is 1.92. The van der Waals surface area contributed by atoms with Crippen LogP contribution in [0, 0.1) is 6.92 Å². The summed E-state index contributed by atoms with van der Waals surface area (Å²) in [6, 6.07) is 20.8. The monoisotopic (exact) mass is 514 g/mol. The fourth-order valence-corrected chi connectivity index (χ4v) is 5.30. The van der Waals surface area contributed by atoms with Gasteiger partial charge >= 0.3 is 0 Å². The molecular formula is C27H31ClN2O4S. The molecule has 0 heterocycles. The van der Waals surface area contributed by atoms with Gasteiger partial charge in [-0.25, -0.2) is 8.42 Å². The molecule has 6 nitrogen and oxygen atoms in total. The molecule has 0 aromatic heterocycles. The first-order valence-electron chi connectivity index (χ1n) is 11.3. The maximum absolute atomic E-state index is 13.5. The molecule has 0 saturated carbocycles. The molecule has 3 aromatic carbocycles. The maximum atomic E-state index is 13.5. The zero-order chi connectivity index (χ0) is 25.6. The number of nitrogens with one attached hydrogen (secondary N) is 1. The van der Waals surface area contributed by atoms with E-state index in [2.05, 4.69) is 26.1 Å². The highest BCUT2D eigenvalue weighted by molar-refractivity contribution is 7.92. The summed E-state index contributed by atoms with van der Waals surface area (Å²) >= 11 is 6.26. The van der Waals surface area contributed by atoms with E-state index in [-0.39, 0.29) is 23.5 Å². The number of halogens is 1. The van der Waals surface area contributed by atoms with Gasteiger partial charge in [0.1, 0.15) is 18.9 Å². The van der Waals surface area contributed by atoms with Gasteiger partial charge in [0.25, 0.3) is 10.0 Å². The molecule has 0 radical (unpaired) electrons. The fourth-order valence-electron chi connectivity index (χ4n) is 3.64. The van der Waals surface area contributed by atoms with Crippen molar-refractivity contribution in [1.29, 1.82) is 0 Å². The van der Waals surface area contributed by atoms with Crippen LogP contribution in [0.4, 0.5) is 5.69 Å². The molecule has 0 aliphatic heterocycles. The van der Waals surface area contributed by atoms with Crippen LogP contribution in [0.3, 0.4) is 0 Å². The van der Waals surface area contributed by atoms with Crippen molar-refractivity contribution in [2.45, 2.75) is 38.0 Å². The van der Waals surface area contributed by atoms with E-state index in [0.717, 1.165) is 15.6 Å². The lowest BCUT2D eigenvalue weighted by Gasteiger charge is -2.26. The van der Waals surface area contributed by atoms with Crippen LogP contribution >= 0.6 is 11.6 Å². The Morgan fingerprint density at radius 2 is 1.63 bits per heavy atom. The summed E-state index contributed by atoms with van der Waals surface area (Å²) in [5.74, 6) is 0.314. The normalized spacial score (nSPS) is 11.7. The molecule has 0 saturated heterocycles. The molecule has 3 rings (SSSR count). The molecule has 1 amide bonds. The van der Waals surface area contributed by atoms with Gasteiger partial charge in [-0.05, 0) is 53.8 Å². The summed E-state index contributed by atoms with van der Waals surface area (Å²) in [6.07, 6.45) is 0. The van der Waals surface area contributed by atoms with Gasteiger partial charge in [-0.15, -0.1) is 0 Å². The van der Waals surface area contributed by atoms with E-state index in [1.807, 2.05) is 24.3 Å². The Hall–Kier alpha value is -3.03. The molecule has 0 unspecified atom stereocenters. The first-order valence-corrected chi connectivity index (χ1v) is 13.2. The van der Waals surface area contributed by atoms with Crippen molar-refractivity contribution in [2.75, 3.05) is 24.0 Å². The molecule has 186 valence electrons. The highest BCUT2D eigenvalue weighted by Gasteiger charge is 2.28. The smallest absolute Gasteiger partial charge is 0.264 e. The third-order valence-corrected chi connectivity index (χ3v) is 7.69. The van der Waals surface area contributed by atoms with Crippen LogP contribution in [-0.4, -0.2) is 34.0 Å². The fraction of sp³-hybridized carbons (Fsp3) is 0.296. The number of carbonyl (C=O) groups is 1. The van der Waals surface area contributed by atoms with Crippen LogP contribution in [0.1, 0.15) is 31.9 Å². The summed E-state index contributed by atoms with van der Waals surface area (Å²) < 4.78 is 33.9. The Morgan fingerprint density at radius 3 is 2.31 bits per heavy atom. The number of sulfonamides is 1. The Morgan fingerprint density at radius 1 is 0.971 bits per heavy atom. The molecule has 0 aliphatic rings. The van der Waals surface area contributed by atoms with Crippen LogP contribution in [-0.2, 0) is 20.2 Å². The highest BCUT2D eigenvalue weighted by Crippen LogP contribution is 2.32. The Kier molecular flexibility index (Phi) is 8.46. The van der Waals surface area contributed by atoms with E-state index in [4.69, 9.17) is 16.3 Å². The minimum absolute atomic E-state index is 0.0824. The Labute approximate surface area is 212 Å². The van der Waals surface area contributed by atoms with Crippen LogP contribution < -0.4 is 14.4 Å². The first kappa shape index (κ1) is 26.6. The van der Waals surface area contributed by atoms with Gasteiger partial charge in [0.05, 0.1) is 17.1 Å². The number of anilines is 1.